The number of ether oxygens (including phenoxy) is 1. The summed E-state index contributed by atoms with van der Waals surface area (Å²) in [4.78, 5) is 16.2. The molecule has 0 atom stereocenters. The van der Waals surface area contributed by atoms with E-state index in [2.05, 4.69) is 4.90 Å². The second kappa shape index (κ2) is 10.9. The molecule has 0 aromatic carbocycles. The van der Waals surface area contributed by atoms with Crippen molar-refractivity contribution < 1.29 is 18.3 Å². The number of hydrogen-bond donors (Lipinski definition) is 1. The molecule has 0 aliphatic carbocycles. The molecule has 1 rings (SSSR count). The van der Waals surface area contributed by atoms with E-state index in [0.717, 1.165) is 52.0 Å². The predicted octanol–water partition coefficient (Wildman–Crippen LogP) is 0.931. The fourth-order valence-corrected chi connectivity index (χ4v) is 2.41. The maximum absolute atomic E-state index is 12.0. The summed E-state index contributed by atoms with van der Waals surface area (Å²) in [7, 11) is 0. The summed E-state index contributed by atoms with van der Waals surface area (Å²) >= 11 is 0. The zero-order valence-electron chi connectivity index (χ0n) is 12.6. The minimum Gasteiger partial charge on any atom is -0.375 e. The van der Waals surface area contributed by atoms with Crippen LogP contribution in [0.5, 0.6) is 0 Å². The van der Waals surface area contributed by atoms with Crippen LogP contribution >= 0.6 is 0 Å². The lowest BCUT2D eigenvalue weighted by Gasteiger charge is -2.22. The van der Waals surface area contributed by atoms with Gasteiger partial charge in [-0.3, -0.25) is 4.79 Å². The summed E-state index contributed by atoms with van der Waals surface area (Å²) in [5, 5.41) is 0. The summed E-state index contributed by atoms with van der Waals surface area (Å²) < 4.78 is 28.6. The Balaban J connectivity index is 2.19. The van der Waals surface area contributed by atoms with Crippen LogP contribution in [0.25, 0.3) is 0 Å². The first-order valence-corrected chi connectivity index (χ1v) is 7.69. The Morgan fingerprint density at radius 2 is 2.00 bits per heavy atom. The van der Waals surface area contributed by atoms with Crippen molar-refractivity contribution in [3.8, 4) is 0 Å². The van der Waals surface area contributed by atoms with Gasteiger partial charge in [-0.05, 0) is 38.9 Å². The maximum Gasteiger partial charge on any atom is 0.261 e. The quantitative estimate of drug-likeness (QED) is 0.644. The number of amides is 1. The molecular formula is C14H27F2N3O2. The molecule has 1 fully saturated rings. The van der Waals surface area contributed by atoms with E-state index in [1.807, 2.05) is 4.90 Å². The van der Waals surface area contributed by atoms with E-state index in [0.29, 0.717) is 6.54 Å². The minimum atomic E-state index is -2.47. The number of alkyl halides is 2. The van der Waals surface area contributed by atoms with E-state index in [1.54, 1.807) is 0 Å². The molecule has 2 N–H and O–H groups in total. The van der Waals surface area contributed by atoms with Crippen LogP contribution in [0, 0.1) is 0 Å². The predicted molar refractivity (Wildman–Crippen MR) is 77.4 cm³/mol. The molecule has 21 heavy (non-hydrogen) atoms. The molecule has 0 saturated carbocycles. The highest BCUT2D eigenvalue weighted by Gasteiger charge is 2.18. The Kier molecular flexibility index (Phi) is 9.45. The first-order chi connectivity index (χ1) is 10.1. The van der Waals surface area contributed by atoms with E-state index in [9.17, 15) is 13.6 Å². The van der Waals surface area contributed by atoms with Gasteiger partial charge in [-0.15, -0.1) is 0 Å². The number of carbonyl (C=O) groups is 1. The maximum atomic E-state index is 12.0. The largest absolute Gasteiger partial charge is 0.375 e. The molecule has 0 unspecified atom stereocenters. The van der Waals surface area contributed by atoms with E-state index in [-0.39, 0.29) is 18.9 Å². The molecule has 1 heterocycles. The van der Waals surface area contributed by atoms with E-state index >= 15 is 0 Å². The topological polar surface area (TPSA) is 58.8 Å². The van der Waals surface area contributed by atoms with Gasteiger partial charge >= 0.3 is 0 Å². The second-order valence-electron chi connectivity index (χ2n) is 5.29. The number of carbonyl (C=O) groups excluding carboxylic acids is 1. The molecule has 0 spiro atoms. The Morgan fingerprint density at radius 1 is 1.19 bits per heavy atom. The van der Waals surface area contributed by atoms with Crippen molar-refractivity contribution in [1.82, 2.24) is 9.80 Å². The van der Waals surface area contributed by atoms with Gasteiger partial charge < -0.3 is 20.3 Å². The normalized spacial score (nSPS) is 17.2. The third-order valence-electron chi connectivity index (χ3n) is 3.57. The molecule has 5 nitrogen and oxygen atoms in total. The lowest BCUT2D eigenvalue weighted by atomic mass is 10.3. The van der Waals surface area contributed by atoms with Gasteiger partial charge in [0.05, 0.1) is 13.0 Å². The summed E-state index contributed by atoms with van der Waals surface area (Å²) in [5.41, 5.74) is 5.48. The first-order valence-electron chi connectivity index (χ1n) is 7.69. The Bertz CT molecular complexity index is 293. The molecule has 7 heteroatoms. The van der Waals surface area contributed by atoms with Crippen LogP contribution in [0.2, 0.25) is 0 Å². The van der Waals surface area contributed by atoms with E-state index in [4.69, 9.17) is 10.5 Å². The molecule has 124 valence electrons. The first kappa shape index (κ1) is 18.3. The van der Waals surface area contributed by atoms with E-state index in [1.165, 1.54) is 0 Å². The van der Waals surface area contributed by atoms with Crippen LogP contribution in [0.1, 0.15) is 25.7 Å². The highest BCUT2D eigenvalue weighted by atomic mass is 19.3. The molecule has 0 bridgehead atoms. The monoisotopic (exact) mass is 307 g/mol. The lowest BCUT2D eigenvalue weighted by Crippen LogP contribution is -2.36. The molecular weight excluding hydrogens is 280 g/mol. The molecule has 1 aliphatic rings. The van der Waals surface area contributed by atoms with Crippen LogP contribution in [-0.2, 0) is 9.53 Å². The van der Waals surface area contributed by atoms with Crippen LogP contribution in [0.3, 0.4) is 0 Å². The molecule has 0 radical (unpaired) electrons. The number of halogens is 2. The van der Waals surface area contributed by atoms with Crippen molar-refractivity contribution in [3.05, 3.63) is 0 Å². The summed E-state index contributed by atoms with van der Waals surface area (Å²) in [6.07, 6.45) is 0.777. The van der Waals surface area contributed by atoms with Gasteiger partial charge in [-0.1, -0.05) is 0 Å². The van der Waals surface area contributed by atoms with E-state index < -0.39 is 13.0 Å². The van der Waals surface area contributed by atoms with Gasteiger partial charge in [0.15, 0.2) is 0 Å². The summed E-state index contributed by atoms with van der Waals surface area (Å²) in [6.45, 7) is 4.53. The number of unbranched alkanes of at least 4 members (excludes halogenated alkanes) is 1. The molecule has 1 amide bonds. The SMILES string of the molecule is NCCCCN1CCCN(C(=O)CCOCC(F)F)CC1. The van der Waals surface area contributed by atoms with Crippen molar-refractivity contribution in [2.24, 2.45) is 5.73 Å². The fourth-order valence-electron chi connectivity index (χ4n) is 2.41. The summed E-state index contributed by atoms with van der Waals surface area (Å²) in [5.74, 6) is -0.00641. The third kappa shape index (κ3) is 8.28. The zero-order chi connectivity index (χ0) is 15.5. The fraction of sp³-hybridized carbons (Fsp3) is 0.929. The van der Waals surface area contributed by atoms with Gasteiger partial charge in [0.1, 0.15) is 6.61 Å². The van der Waals surface area contributed by atoms with Crippen molar-refractivity contribution in [3.63, 3.8) is 0 Å². The van der Waals surface area contributed by atoms with Gasteiger partial charge in [0, 0.05) is 19.6 Å². The smallest absolute Gasteiger partial charge is 0.261 e. The van der Waals surface area contributed by atoms with Gasteiger partial charge in [0.25, 0.3) is 6.43 Å². The highest BCUT2D eigenvalue weighted by Crippen LogP contribution is 2.06. The zero-order valence-corrected chi connectivity index (χ0v) is 12.6. The second-order valence-corrected chi connectivity index (χ2v) is 5.29. The number of rotatable bonds is 9. The van der Waals surface area contributed by atoms with Crippen molar-refractivity contribution in [1.29, 1.82) is 0 Å². The average molecular weight is 307 g/mol. The van der Waals surface area contributed by atoms with Crippen LogP contribution in [-0.4, -0.2) is 74.6 Å². The Morgan fingerprint density at radius 3 is 2.71 bits per heavy atom. The van der Waals surface area contributed by atoms with Crippen molar-refractivity contribution in [2.45, 2.75) is 32.1 Å². The van der Waals surface area contributed by atoms with Crippen molar-refractivity contribution in [2.75, 3.05) is 52.5 Å². The van der Waals surface area contributed by atoms with Crippen LogP contribution < -0.4 is 5.73 Å². The lowest BCUT2D eigenvalue weighted by molar-refractivity contribution is -0.132. The van der Waals surface area contributed by atoms with Gasteiger partial charge in [0.2, 0.25) is 5.91 Å². The van der Waals surface area contributed by atoms with Gasteiger partial charge in [-0.25, -0.2) is 8.78 Å². The van der Waals surface area contributed by atoms with Crippen molar-refractivity contribution >= 4 is 5.91 Å². The number of nitrogens with zero attached hydrogens (tertiary/aromatic N) is 2. The molecule has 1 aliphatic heterocycles. The average Bonchev–Trinajstić information content (AvgIpc) is 2.69. The minimum absolute atomic E-state index is 0.00641. The molecule has 0 aromatic heterocycles. The summed E-state index contributed by atoms with van der Waals surface area (Å²) in [6, 6.07) is 0. The highest BCUT2D eigenvalue weighted by molar-refractivity contribution is 5.76. The van der Waals surface area contributed by atoms with Crippen LogP contribution in [0.15, 0.2) is 0 Å². The standard InChI is InChI=1S/C14H27F2N3O2/c15-13(16)12-21-11-4-14(20)19-8-3-7-18(9-10-19)6-2-1-5-17/h13H,1-12,17H2. The van der Waals surface area contributed by atoms with Gasteiger partial charge in [-0.2, -0.15) is 0 Å². The van der Waals surface area contributed by atoms with Crippen LogP contribution in [0.4, 0.5) is 8.78 Å². The number of hydrogen-bond acceptors (Lipinski definition) is 4. The molecule has 1 saturated heterocycles. The number of nitrogens with two attached hydrogens (primary N) is 1. The Hall–Kier alpha value is -0.790. The molecule has 0 aromatic rings. The third-order valence-corrected chi connectivity index (χ3v) is 3.57. The Labute approximate surface area is 125 Å².